The van der Waals surface area contributed by atoms with Gasteiger partial charge in [0.05, 0.1) is 11.7 Å². The Morgan fingerprint density at radius 1 is 1.11 bits per heavy atom. The number of halogens is 1. The van der Waals surface area contributed by atoms with Crippen LogP contribution in [0.2, 0.25) is 0 Å². The van der Waals surface area contributed by atoms with E-state index in [4.69, 9.17) is 0 Å². The molecule has 1 saturated heterocycles. The molecule has 2 aromatic carbocycles. The van der Waals surface area contributed by atoms with Gasteiger partial charge < -0.3 is 5.32 Å². The highest BCUT2D eigenvalue weighted by Gasteiger charge is 2.18. The van der Waals surface area contributed by atoms with Crippen LogP contribution in [0.3, 0.4) is 0 Å². The zero-order valence-electron chi connectivity index (χ0n) is 15.3. The molecule has 1 atom stereocenters. The van der Waals surface area contributed by atoms with Crippen molar-refractivity contribution in [2.24, 2.45) is 0 Å². The van der Waals surface area contributed by atoms with Gasteiger partial charge in [-0.15, -0.1) is 0 Å². The van der Waals surface area contributed by atoms with Gasteiger partial charge in [-0.05, 0) is 62.5 Å². The third-order valence-corrected chi connectivity index (χ3v) is 5.40. The number of piperidine rings is 1. The molecule has 1 fully saturated rings. The second-order valence-electron chi connectivity index (χ2n) is 7.04. The van der Waals surface area contributed by atoms with Crippen LogP contribution in [0, 0.1) is 5.82 Å². The summed E-state index contributed by atoms with van der Waals surface area (Å²) in [5.41, 5.74) is 2.25. The molecule has 1 N–H and O–H groups in total. The molecule has 0 radical (unpaired) electrons. The summed E-state index contributed by atoms with van der Waals surface area (Å²) in [7, 11) is 0. The molecule has 0 bridgehead atoms. The third kappa shape index (κ3) is 3.45. The van der Waals surface area contributed by atoms with Crippen LogP contribution in [-0.2, 0) is 0 Å². The molecular weight excluding hydrogens is 343 g/mol. The van der Waals surface area contributed by atoms with Gasteiger partial charge in [0.1, 0.15) is 12.1 Å². The molecule has 1 aliphatic heterocycles. The summed E-state index contributed by atoms with van der Waals surface area (Å²) >= 11 is 0. The number of hydrogen-bond acceptors (Lipinski definition) is 3. The molecule has 6 heteroatoms. The Morgan fingerprint density at radius 3 is 2.52 bits per heavy atom. The fourth-order valence-corrected chi connectivity index (χ4v) is 3.77. The minimum absolute atomic E-state index is 0.277. The summed E-state index contributed by atoms with van der Waals surface area (Å²) in [6.45, 7) is 3.87. The van der Waals surface area contributed by atoms with Gasteiger partial charge in [0.2, 0.25) is 0 Å². The van der Waals surface area contributed by atoms with Crippen LogP contribution >= 0.6 is 0 Å². The summed E-state index contributed by atoms with van der Waals surface area (Å²) in [4.78, 5) is 12.8. The van der Waals surface area contributed by atoms with E-state index in [0.29, 0.717) is 11.5 Å². The molecule has 0 saturated carbocycles. The molecule has 0 spiro atoms. The Bertz CT molecular complexity index is 970. The average molecular weight is 366 g/mol. The van der Waals surface area contributed by atoms with Crippen LogP contribution in [0.1, 0.15) is 42.9 Å². The normalized spacial score (nSPS) is 16.4. The van der Waals surface area contributed by atoms with Gasteiger partial charge in [-0.2, -0.15) is 5.10 Å². The first-order chi connectivity index (χ1) is 13.1. The van der Waals surface area contributed by atoms with E-state index in [9.17, 15) is 9.18 Å². The molecular formula is C21H23FN4O. The van der Waals surface area contributed by atoms with Crippen LogP contribution in [0.25, 0.3) is 5.69 Å². The maximum absolute atomic E-state index is 14.1. The zero-order valence-corrected chi connectivity index (χ0v) is 15.3. The van der Waals surface area contributed by atoms with E-state index in [1.54, 1.807) is 25.1 Å². The third-order valence-electron chi connectivity index (χ3n) is 5.40. The van der Waals surface area contributed by atoms with Crippen molar-refractivity contribution < 1.29 is 4.39 Å². The van der Waals surface area contributed by atoms with Crippen LogP contribution in [-0.4, -0.2) is 27.4 Å². The number of nitrogens with zero attached hydrogens (tertiary/aromatic N) is 3. The molecule has 4 rings (SSSR count). The van der Waals surface area contributed by atoms with E-state index in [0.717, 1.165) is 31.6 Å². The maximum atomic E-state index is 14.1. The number of hydrogen-bond donors (Lipinski definition) is 1. The lowest BCUT2D eigenvalue weighted by atomic mass is 9.90. The second kappa shape index (κ2) is 7.48. The first-order valence-corrected chi connectivity index (χ1v) is 9.37. The van der Waals surface area contributed by atoms with Gasteiger partial charge in [-0.25, -0.2) is 18.4 Å². The van der Waals surface area contributed by atoms with Crippen LogP contribution in [0.5, 0.6) is 0 Å². The van der Waals surface area contributed by atoms with Gasteiger partial charge in [-0.1, -0.05) is 30.3 Å². The summed E-state index contributed by atoms with van der Waals surface area (Å²) in [6.07, 6.45) is 3.77. The summed E-state index contributed by atoms with van der Waals surface area (Å²) < 4.78 is 16.9. The highest BCUT2D eigenvalue weighted by Crippen LogP contribution is 2.26. The Balaban J connectivity index is 1.60. The van der Waals surface area contributed by atoms with Gasteiger partial charge >= 0.3 is 5.69 Å². The van der Waals surface area contributed by atoms with Crippen LogP contribution in [0.4, 0.5) is 4.39 Å². The Morgan fingerprint density at radius 2 is 1.81 bits per heavy atom. The van der Waals surface area contributed by atoms with Gasteiger partial charge in [-0.3, -0.25) is 0 Å². The predicted molar refractivity (Wildman–Crippen MR) is 103 cm³/mol. The van der Waals surface area contributed by atoms with Gasteiger partial charge in [0, 0.05) is 5.56 Å². The van der Waals surface area contributed by atoms with E-state index < -0.39 is 6.04 Å². The van der Waals surface area contributed by atoms with E-state index in [1.165, 1.54) is 27.2 Å². The quantitative estimate of drug-likeness (QED) is 0.771. The Hall–Kier alpha value is -2.73. The number of aromatic nitrogens is 3. The van der Waals surface area contributed by atoms with E-state index in [2.05, 4.69) is 22.5 Å². The van der Waals surface area contributed by atoms with Crippen molar-refractivity contribution in [3.05, 3.63) is 82.3 Å². The lowest BCUT2D eigenvalue weighted by Gasteiger charge is -2.23. The van der Waals surface area contributed by atoms with Crippen molar-refractivity contribution in [2.45, 2.75) is 31.7 Å². The molecule has 140 valence electrons. The molecule has 5 nitrogen and oxygen atoms in total. The molecule has 27 heavy (non-hydrogen) atoms. The zero-order chi connectivity index (χ0) is 18.8. The lowest BCUT2D eigenvalue weighted by Crippen LogP contribution is -2.27. The molecule has 0 unspecified atom stereocenters. The Kier molecular flexibility index (Phi) is 4.90. The SMILES string of the molecule is C[C@H](c1ccccc1F)n1ncn(-c2ccc(C3CCNCC3)cc2)c1=O. The Labute approximate surface area is 157 Å². The predicted octanol–water partition coefficient (Wildman–Crippen LogP) is 3.25. The van der Waals surface area contributed by atoms with E-state index in [1.807, 2.05) is 12.1 Å². The van der Waals surface area contributed by atoms with E-state index in [-0.39, 0.29) is 11.5 Å². The van der Waals surface area contributed by atoms with E-state index >= 15 is 0 Å². The smallest absolute Gasteiger partial charge is 0.317 e. The van der Waals surface area contributed by atoms with Crippen LogP contribution in [0.15, 0.2) is 59.7 Å². The first-order valence-electron chi connectivity index (χ1n) is 9.37. The van der Waals surface area contributed by atoms with Gasteiger partial charge in [0.15, 0.2) is 0 Å². The number of nitrogens with one attached hydrogen (secondary N) is 1. The largest absolute Gasteiger partial charge is 0.350 e. The van der Waals surface area contributed by atoms with Crippen LogP contribution < -0.4 is 11.0 Å². The van der Waals surface area contributed by atoms with Gasteiger partial charge in [0.25, 0.3) is 0 Å². The standard InChI is InChI=1S/C21H23FN4O/c1-15(19-4-2-3-5-20(19)22)26-21(27)25(14-24-26)18-8-6-16(7-9-18)17-10-12-23-13-11-17/h2-9,14-15,17,23H,10-13H2,1H3/t15-/m1/s1. The molecule has 0 amide bonds. The topological polar surface area (TPSA) is 51.9 Å². The molecule has 2 heterocycles. The lowest BCUT2D eigenvalue weighted by molar-refractivity contribution is 0.460. The van der Waals surface area contributed by atoms with Crippen molar-refractivity contribution in [3.63, 3.8) is 0 Å². The summed E-state index contributed by atoms with van der Waals surface area (Å²) in [5, 5.41) is 7.59. The maximum Gasteiger partial charge on any atom is 0.350 e. The molecule has 3 aromatic rings. The summed E-state index contributed by atoms with van der Waals surface area (Å²) in [5.74, 6) is 0.235. The van der Waals surface area contributed by atoms with Crippen molar-refractivity contribution in [2.75, 3.05) is 13.1 Å². The minimum atomic E-state index is -0.478. The molecule has 1 aliphatic rings. The number of rotatable bonds is 4. The highest BCUT2D eigenvalue weighted by molar-refractivity contribution is 5.36. The van der Waals surface area contributed by atoms with Crippen molar-refractivity contribution in [1.29, 1.82) is 0 Å². The van der Waals surface area contributed by atoms with Crippen molar-refractivity contribution in [3.8, 4) is 5.69 Å². The monoisotopic (exact) mass is 366 g/mol. The fourth-order valence-electron chi connectivity index (χ4n) is 3.77. The van der Waals surface area contributed by atoms with Crippen molar-refractivity contribution in [1.82, 2.24) is 19.7 Å². The first kappa shape index (κ1) is 17.7. The molecule has 0 aliphatic carbocycles. The molecule has 1 aromatic heterocycles. The second-order valence-corrected chi connectivity index (χ2v) is 7.04. The minimum Gasteiger partial charge on any atom is -0.317 e. The summed E-state index contributed by atoms with van der Waals surface area (Å²) in [6, 6.07) is 14.1. The van der Waals surface area contributed by atoms with Crippen molar-refractivity contribution >= 4 is 0 Å². The number of benzene rings is 2. The fraction of sp³-hybridized carbons (Fsp3) is 0.333. The highest BCUT2D eigenvalue weighted by atomic mass is 19.1. The average Bonchev–Trinajstić information content (AvgIpc) is 3.10.